The highest BCUT2D eigenvalue weighted by Crippen LogP contribution is 2.30. The van der Waals surface area contributed by atoms with Crippen LogP contribution in [0.3, 0.4) is 0 Å². The van der Waals surface area contributed by atoms with Gasteiger partial charge in [0.2, 0.25) is 11.0 Å². The van der Waals surface area contributed by atoms with Gasteiger partial charge in [0.1, 0.15) is 11.6 Å². The molecule has 0 aliphatic heterocycles. The van der Waals surface area contributed by atoms with Crippen LogP contribution < -0.4 is 14.8 Å². The summed E-state index contributed by atoms with van der Waals surface area (Å²) in [6.07, 6.45) is 5.17. The molecular formula is C24H26ClN3O3S. The summed E-state index contributed by atoms with van der Waals surface area (Å²) in [5.74, 6) is 1.31. The number of halogens is 1. The lowest BCUT2D eigenvalue weighted by atomic mass is 10.1. The van der Waals surface area contributed by atoms with E-state index in [1.165, 1.54) is 17.4 Å². The molecule has 0 radical (unpaired) electrons. The van der Waals surface area contributed by atoms with Crippen molar-refractivity contribution in [3.63, 3.8) is 0 Å². The van der Waals surface area contributed by atoms with Gasteiger partial charge in [-0.3, -0.25) is 10.1 Å². The van der Waals surface area contributed by atoms with Crippen molar-refractivity contribution in [3.05, 3.63) is 69.7 Å². The maximum absolute atomic E-state index is 12.3. The molecule has 168 valence electrons. The number of hydrogen-bond acceptors (Lipinski definition) is 6. The van der Waals surface area contributed by atoms with Crippen LogP contribution in [0.1, 0.15) is 48.7 Å². The van der Waals surface area contributed by atoms with E-state index in [1.807, 2.05) is 42.5 Å². The molecule has 0 aliphatic rings. The molecule has 0 saturated heterocycles. The average molecular weight is 472 g/mol. The van der Waals surface area contributed by atoms with Crippen molar-refractivity contribution in [1.29, 1.82) is 0 Å². The third-order valence-corrected chi connectivity index (χ3v) is 6.18. The fraction of sp³-hybridized carbons (Fsp3) is 0.292. The highest BCUT2D eigenvalue weighted by molar-refractivity contribution is 7.15. The van der Waals surface area contributed by atoms with E-state index in [0.717, 1.165) is 29.0 Å². The smallest absolute Gasteiger partial charge is 0.250 e. The van der Waals surface area contributed by atoms with Crippen LogP contribution in [-0.2, 0) is 11.4 Å². The van der Waals surface area contributed by atoms with Crippen molar-refractivity contribution in [2.24, 2.45) is 0 Å². The number of anilines is 1. The summed E-state index contributed by atoms with van der Waals surface area (Å²) in [6, 6.07) is 13.0. The summed E-state index contributed by atoms with van der Waals surface area (Å²) in [5.41, 5.74) is 1.81. The Balaban J connectivity index is 1.60. The molecule has 0 spiro atoms. The molecule has 0 bridgehead atoms. The topological polar surface area (TPSA) is 73.3 Å². The number of aromatic nitrogens is 2. The second-order valence-electron chi connectivity index (χ2n) is 7.11. The van der Waals surface area contributed by atoms with Crippen LogP contribution in [0.4, 0.5) is 5.13 Å². The van der Waals surface area contributed by atoms with E-state index in [-0.39, 0.29) is 5.91 Å². The van der Waals surface area contributed by atoms with Crippen LogP contribution in [0.2, 0.25) is 5.02 Å². The van der Waals surface area contributed by atoms with Gasteiger partial charge in [0.15, 0.2) is 11.5 Å². The number of nitrogens with one attached hydrogen (secondary N) is 1. The van der Waals surface area contributed by atoms with Crippen LogP contribution in [0.25, 0.3) is 6.08 Å². The number of carbonyl (C=O) groups is 1. The van der Waals surface area contributed by atoms with Crippen molar-refractivity contribution < 1.29 is 14.3 Å². The summed E-state index contributed by atoms with van der Waals surface area (Å²) >= 11 is 7.34. The lowest BCUT2D eigenvalue weighted by Gasteiger charge is -2.11. The van der Waals surface area contributed by atoms with Gasteiger partial charge in [-0.15, -0.1) is 10.2 Å². The second kappa shape index (κ2) is 11.6. The Bertz CT molecular complexity index is 1060. The van der Waals surface area contributed by atoms with Crippen LogP contribution in [0.15, 0.2) is 48.5 Å². The highest BCUT2D eigenvalue weighted by atomic mass is 35.5. The molecule has 6 nitrogen and oxygen atoms in total. The van der Waals surface area contributed by atoms with E-state index in [9.17, 15) is 4.79 Å². The monoisotopic (exact) mass is 471 g/mol. The molecule has 1 N–H and O–H groups in total. The summed E-state index contributed by atoms with van der Waals surface area (Å²) in [7, 11) is 1.58. The summed E-state index contributed by atoms with van der Waals surface area (Å²) < 4.78 is 11.3. The van der Waals surface area contributed by atoms with E-state index in [0.29, 0.717) is 34.2 Å². The minimum absolute atomic E-state index is 0.265. The summed E-state index contributed by atoms with van der Waals surface area (Å²) in [6.45, 7) is 4.64. The first-order chi connectivity index (χ1) is 15.5. The molecule has 32 heavy (non-hydrogen) atoms. The predicted octanol–water partition coefficient (Wildman–Crippen LogP) is 6.33. The zero-order chi connectivity index (χ0) is 22.9. The van der Waals surface area contributed by atoms with Crippen LogP contribution >= 0.6 is 22.9 Å². The zero-order valence-electron chi connectivity index (χ0n) is 18.3. The third kappa shape index (κ3) is 6.55. The number of methoxy groups -OCH3 is 1. The normalized spacial score (nSPS) is 11.2. The van der Waals surface area contributed by atoms with Crippen molar-refractivity contribution in [1.82, 2.24) is 10.2 Å². The number of amides is 1. The Morgan fingerprint density at radius 2 is 1.88 bits per heavy atom. The van der Waals surface area contributed by atoms with Crippen LogP contribution in [0, 0.1) is 0 Å². The quantitative estimate of drug-likeness (QED) is 0.349. The van der Waals surface area contributed by atoms with Gasteiger partial charge in [-0.1, -0.05) is 55.0 Å². The van der Waals surface area contributed by atoms with Gasteiger partial charge >= 0.3 is 0 Å². The van der Waals surface area contributed by atoms with Crippen molar-refractivity contribution in [2.45, 2.75) is 39.2 Å². The first-order valence-corrected chi connectivity index (χ1v) is 11.6. The van der Waals surface area contributed by atoms with Crippen molar-refractivity contribution >= 4 is 40.1 Å². The maximum Gasteiger partial charge on any atom is 0.250 e. The molecular weight excluding hydrogens is 446 g/mol. The first kappa shape index (κ1) is 23.8. The van der Waals surface area contributed by atoms with Crippen molar-refractivity contribution in [3.8, 4) is 11.5 Å². The van der Waals surface area contributed by atoms with Crippen LogP contribution in [0.5, 0.6) is 11.5 Å². The molecule has 0 atom stereocenters. The molecule has 0 fully saturated rings. The van der Waals surface area contributed by atoms with Gasteiger partial charge < -0.3 is 9.47 Å². The number of rotatable bonds is 10. The molecule has 3 rings (SSSR count). The number of hydrogen-bond donors (Lipinski definition) is 1. The van der Waals surface area contributed by atoms with E-state index >= 15 is 0 Å². The number of carbonyl (C=O) groups excluding carboxylic acids is 1. The van der Waals surface area contributed by atoms with Gasteiger partial charge in [0.25, 0.3) is 0 Å². The standard InChI is InChI=1S/C24H26ClN3O3S/c1-4-18(5-2)23-27-28-24(32-23)26-22(29)13-9-16-8-12-20(21(14-16)30-3)31-15-17-6-10-19(25)11-7-17/h6-14,18H,4-5,15H2,1-3H3,(H,26,28,29)/b13-9+. The van der Waals surface area contributed by atoms with Gasteiger partial charge in [0.05, 0.1) is 7.11 Å². The Morgan fingerprint density at radius 3 is 2.56 bits per heavy atom. The molecule has 2 aromatic carbocycles. The number of benzene rings is 2. The summed E-state index contributed by atoms with van der Waals surface area (Å²) in [5, 5.41) is 13.2. The predicted molar refractivity (Wildman–Crippen MR) is 130 cm³/mol. The summed E-state index contributed by atoms with van der Waals surface area (Å²) in [4.78, 5) is 12.3. The van der Waals surface area contributed by atoms with E-state index in [2.05, 4.69) is 29.4 Å². The van der Waals surface area contributed by atoms with Gasteiger partial charge in [-0.05, 0) is 54.3 Å². The van der Waals surface area contributed by atoms with Gasteiger partial charge in [-0.25, -0.2) is 0 Å². The first-order valence-electron chi connectivity index (χ1n) is 10.4. The lowest BCUT2D eigenvalue weighted by Crippen LogP contribution is -2.07. The van der Waals surface area contributed by atoms with Gasteiger partial charge in [0, 0.05) is 17.0 Å². The molecule has 0 saturated carbocycles. The SMILES string of the molecule is CCC(CC)c1nnc(NC(=O)/C=C/c2ccc(OCc3ccc(Cl)cc3)c(OC)c2)s1. The minimum atomic E-state index is -0.265. The molecule has 1 heterocycles. The Hall–Kier alpha value is -2.90. The fourth-order valence-corrected chi connectivity index (χ4v) is 4.19. The zero-order valence-corrected chi connectivity index (χ0v) is 19.9. The average Bonchev–Trinajstić information content (AvgIpc) is 3.26. The molecule has 1 amide bonds. The van der Waals surface area contributed by atoms with Crippen LogP contribution in [-0.4, -0.2) is 23.2 Å². The highest BCUT2D eigenvalue weighted by Gasteiger charge is 2.14. The Labute approximate surface area is 197 Å². The fourth-order valence-electron chi connectivity index (χ4n) is 3.06. The molecule has 8 heteroatoms. The van der Waals surface area contributed by atoms with Crippen molar-refractivity contribution in [2.75, 3.05) is 12.4 Å². The minimum Gasteiger partial charge on any atom is -0.493 e. The number of nitrogens with zero attached hydrogens (tertiary/aromatic N) is 2. The second-order valence-corrected chi connectivity index (χ2v) is 8.55. The third-order valence-electron chi connectivity index (χ3n) is 4.93. The van der Waals surface area contributed by atoms with Gasteiger partial charge in [-0.2, -0.15) is 0 Å². The molecule has 0 aliphatic carbocycles. The number of ether oxygens (including phenoxy) is 2. The molecule has 0 unspecified atom stereocenters. The lowest BCUT2D eigenvalue weighted by molar-refractivity contribution is -0.111. The largest absolute Gasteiger partial charge is 0.493 e. The molecule has 3 aromatic rings. The Kier molecular flexibility index (Phi) is 8.64. The van der Waals surface area contributed by atoms with E-state index in [1.54, 1.807) is 13.2 Å². The Morgan fingerprint density at radius 1 is 1.12 bits per heavy atom. The maximum atomic E-state index is 12.3. The molecule has 1 aromatic heterocycles. The van der Waals surface area contributed by atoms with E-state index in [4.69, 9.17) is 21.1 Å². The van der Waals surface area contributed by atoms with E-state index < -0.39 is 0 Å².